The van der Waals surface area contributed by atoms with Crippen LogP contribution >= 0.6 is 0 Å². The van der Waals surface area contributed by atoms with E-state index in [1.165, 1.54) is 29.2 Å². The van der Waals surface area contributed by atoms with Crippen molar-refractivity contribution in [2.75, 3.05) is 24.1 Å². The van der Waals surface area contributed by atoms with Crippen molar-refractivity contribution in [2.45, 2.75) is 13.5 Å². The summed E-state index contributed by atoms with van der Waals surface area (Å²) in [6.07, 6.45) is 0.962. The number of likely N-dealkylation sites (N-methyl/N-ethyl adjacent to an activating group) is 1. The number of nitrogens with one attached hydrogen (secondary N) is 1. The number of carbonyl (C=O) groups excluding carboxylic acids is 2. The SMILES string of the molecule is CCN(Cc1cccc(F)c1)C(=O)COC(=O)c1ccccc1NS(C)(=O)=O. The highest BCUT2D eigenvalue weighted by atomic mass is 32.2. The molecule has 0 heterocycles. The van der Waals surface area contributed by atoms with Gasteiger partial charge in [-0.05, 0) is 36.8 Å². The lowest BCUT2D eigenvalue weighted by Crippen LogP contribution is -2.34. The summed E-state index contributed by atoms with van der Waals surface area (Å²) in [6.45, 7) is 1.76. The van der Waals surface area contributed by atoms with Crippen molar-refractivity contribution in [1.29, 1.82) is 0 Å². The minimum atomic E-state index is -3.58. The molecule has 2 rings (SSSR count). The van der Waals surface area contributed by atoms with Crippen LogP contribution < -0.4 is 4.72 Å². The summed E-state index contributed by atoms with van der Waals surface area (Å²) in [5.41, 5.74) is 0.674. The van der Waals surface area contributed by atoms with Crippen LogP contribution in [0.3, 0.4) is 0 Å². The van der Waals surface area contributed by atoms with Crippen molar-refractivity contribution in [3.05, 3.63) is 65.5 Å². The molecule has 0 saturated heterocycles. The van der Waals surface area contributed by atoms with E-state index < -0.39 is 34.3 Å². The molecule has 0 radical (unpaired) electrons. The maximum absolute atomic E-state index is 13.3. The smallest absolute Gasteiger partial charge is 0.340 e. The molecular weight excluding hydrogens is 387 g/mol. The molecule has 0 aliphatic rings. The lowest BCUT2D eigenvalue weighted by molar-refractivity contribution is -0.134. The molecule has 2 aromatic rings. The second kappa shape index (κ2) is 9.32. The van der Waals surface area contributed by atoms with Gasteiger partial charge in [0, 0.05) is 13.1 Å². The third kappa shape index (κ3) is 6.34. The van der Waals surface area contributed by atoms with E-state index in [9.17, 15) is 22.4 Å². The van der Waals surface area contributed by atoms with Gasteiger partial charge in [-0.3, -0.25) is 9.52 Å². The normalized spacial score (nSPS) is 11.0. The molecule has 28 heavy (non-hydrogen) atoms. The number of anilines is 1. The first-order valence-electron chi connectivity index (χ1n) is 8.45. The van der Waals surface area contributed by atoms with Crippen molar-refractivity contribution in [3.8, 4) is 0 Å². The summed E-state index contributed by atoms with van der Waals surface area (Å²) < 4.78 is 43.4. The molecule has 0 aliphatic heterocycles. The van der Waals surface area contributed by atoms with Crippen molar-refractivity contribution in [2.24, 2.45) is 0 Å². The van der Waals surface area contributed by atoms with E-state index in [1.807, 2.05) is 0 Å². The molecule has 1 amide bonds. The fourth-order valence-electron chi connectivity index (χ4n) is 2.48. The van der Waals surface area contributed by atoms with E-state index in [4.69, 9.17) is 4.74 Å². The molecular formula is C19H21FN2O5S. The number of benzene rings is 2. The quantitative estimate of drug-likeness (QED) is 0.677. The standard InChI is InChI=1S/C19H21FN2O5S/c1-3-22(12-14-7-6-8-15(20)11-14)18(23)13-27-19(24)16-9-4-5-10-17(16)21-28(2,25)26/h4-11,21H,3,12-13H2,1-2H3. The Bertz CT molecular complexity index is 962. The molecule has 7 nitrogen and oxygen atoms in total. The van der Waals surface area contributed by atoms with Gasteiger partial charge in [-0.15, -0.1) is 0 Å². The first-order chi connectivity index (χ1) is 13.2. The molecule has 150 valence electrons. The number of halogens is 1. The van der Waals surface area contributed by atoms with Crippen LogP contribution in [-0.4, -0.2) is 44.6 Å². The molecule has 0 spiro atoms. The van der Waals surface area contributed by atoms with Crippen LogP contribution in [0.2, 0.25) is 0 Å². The zero-order valence-corrected chi connectivity index (χ0v) is 16.3. The van der Waals surface area contributed by atoms with Gasteiger partial charge in [-0.25, -0.2) is 17.6 Å². The van der Waals surface area contributed by atoms with Crippen molar-refractivity contribution in [3.63, 3.8) is 0 Å². The van der Waals surface area contributed by atoms with Crippen LogP contribution in [0.4, 0.5) is 10.1 Å². The van der Waals surface area contributed by atoms with E-state index in [0.29, 0.717) is 12.1 Å². The summed E-state index contributed by atoms with van der Waals surface area (Å²) >= 11 is 0. The average molecular weight is 408 g/mol. The van der Waals surface area contributed by atoms with Gasteiger partial charge >= 0.3 is 5.97 Å². The fourth-order valence-corrected chi connectivity index (χ4v) is 3.06. The van der Waals surface area contributed by atoms with Crippen LogP contribution in [0.1, 0.15) is 22.8 Å². The van der Waals surface area contributed by atoms with E-state index in [0.717, 1.165) is 6.26 Å². The topological polar surface area (TPSA) is 92.8 Å². The van der Waals surface area contributed by atoms with E-state index in [-0.39, 0.29) is 17.8 Å². The van der Waals surface area contributed by atoms with Gasteiger partial charge < -0.3 is 9.64 Å². The van der Waals surface area contributed by atoms with E-state index >= 15 is 0 Å². The zero-order valence-electron chi connectivity index (χ0n) is 15.5. The summed E-state index contributed by atoms with van der Waals surface area (Å²) in [4.78, 5) is 26.1. The molecule has 0 unspecified atom stereocenters. The maximum Gasteiger partial charge on any atom is 0.340 e. The largest absolute Gasteiger partial charge is 0.452 e. The Kier molecular flexibility index (Phi) is 7.11. The van der Waals surface area contributed by atoms with Gasteiger partial charge in [-0.2, -0.15) is 0 Å². The Morgan fingerprint density at radius 1 is 1.14 bits per heavy atom. The Morgan fingerprint density at radius 2 is 1.86 bits per heavy atom. The Hall–Kier alpha value is -2.94. The lowest BCUT2D eigenvalue weighted by Gasteiger charge is -2.21. The molecule has 0 aliphatic carbocycles. The third-order valence-corrected chi connectivity index (χ3v) is 4.36. The minimum Gasteiger partial charge on any atom is -0.452 e. The molecule has 0 atom stereocenters. The number of amides is 1. The highest BCUT2D eigenvalue weighted by Crippen LogP contribution is 2.17. The second-order valence-corrected chi connectivity index (χ2v) is 7.78. The highest BCUT2D eigenvalue weighted by Gasteiger charge is 2.19. The summed E-state index contributed by atoms with van der Waals surface area (Å²) in [5.74, 6) is -1.68. The Balaban J connectivity index is 2.02. The number of para-hydroxylation sites is 1. The van der Waals surface area contributed by atoms with Gasteiger partial charge in [0.25, 0.3) is 5.91 Å². The minimum absolute atomic E-state index is 0.00564. The third-order valence-electron chi connectivity index (χ3n) is 3.77. The molecule has 2 aromatic carbocycles. The number of ether oxygens (including phenoxy) is 1. The summed E-state index contributed by atoms with van der Waals surface area (Å²) in [5, 5.41) is 0. The average Bonchev–Trinajstić information content (AvgIpc) is 2.63. The first kappa shape index (κ1) is 21.4. The van der Waals surface area contributed by atoms with Gasteiger partial charge in [-0.1, -0.05) is 24.3 Å². The summed E-state index contributed by atoms with van der Waals surface area (Å²) in [6, 6.07) is 11.8. The number of rotatable bonds is 8. The number of carbonyl (C=O) groups is 2. The molecule has 0 bridgehead atoms. The maximum atomic E-state index is 13.3. The van der Waals surface area contributed by atoms with Crippen LogP contribution in [0.15, 0.2) is 48.5 Å². The molecule has 0 saturated carbocycles. The molecule has 1 N–H and O–H groups in total. The molecule has 0 aromatic heterocycles. The van der Waals surface area contributed by atoms with E-state index in [2.05, 4.69) is 4.72 Å². The van der Waals surface area contributed by atoms with Crippen molar-refractivity contribution in [1.82, 2.24) is 4.90 Å². The van der Waals surface area contributed by atoms with Crippen molar-refractivity contribution >= 4 is 27.6 Å². The Morgan fingerprint density at radius 3 is 2.50 bits per heavy atom. The van der Waals surface area contributed by atoms with Crippen LogP contribution in [0.5, 0.6) is 0 Å². The highest BCUT2D eigenvalue weighted by molar-refractivity contribution is 7.92. The monoisotopic (exact) mass is 408 g/mol. The lowest BCUT2D eigenvalue weighted by atomic mass is 10.2. The Labute approximate surface area is 163 Å². The number of hydrogen-bond donors (Lipinski definition) is 1. The van der Waals surface area contributed by atoms with Crippen LogP contribution in [0, 0.1) is 5.82 Å². The zero-order chi connectivity index (χ0) is 20.7. The molecule has 9 heteroatoms. The number of esters is 1. The van der Waals surface area contributed by atoms with Gasteiger partial charge in [0.15, 0.2) is 6.61 Å². The number of hydrogen-bond acceptors (Lipinski definition) is 5. The second-order valence-electron chi connectivity index (χ2n) is 6.03. The van der Waals surface area contributed by atoms with Crippen molar-refractivity contribution < 1.29 is 27.1 Å². The van der Waals surface area contributed by atoms with Crippen LogP contribution in [0.25, 0.3) is 0 Å². The van der Waals surface area contributed by atoms with Crippen LogP contribution in [-0.2, 0) is 26.1 Å². The van der Waals surface area contributed by atoms with E-state index in [1.54, 1.807) is 31.2 Å². The predicted octanol–water partition coefficient (Wildman–Crippen LogP) is 2.40. The fraction of sp³-hybridized carbons (Fsp3) is 0.263. The van der Waals surface area contributed by atoms with Gasteiger partial charge in [0.05, 0.1) is 17.5 Å². The number of sulfonamides is 1. The van der Waals surface area contributed by atoms with Gasteiger partial charge in [0.1, 0.15) is 5.82 Å². The summed E-state index contributed by atoms with van der Waals surface area (Å²) in [7, 11) is -3.58. The van der Waals surface area contributed by atoms with Gasteiger partial charge in [0.2, 0.25) is 10.0 Å². The first-order valence-corrected chi connectivity index (χ1v) is 10.3. The molecule has 0 fully saturated rings. The number of nitrogens with zero attached hydrogens (tertiary/aromatic N) is 1. The predicted molar refractivity (Wildman–Crippen MR) is 103 cm³/mol.